The van der Waals surface area contributed by atoms with Gasteiger partial charge >= 0.3 is 5.69 Å². The lowest BCUT2D eigenvalue weighted by atomic mass is 10.1. The summed E-state index contributed by atoms with van der Waals surface area (Å²) in [6, 6.07) is 7.69. The van der Waals surface area contributed by atoms with Gasteiger partial charge in [0.15, 0.2) is 11.5 Å². The number of rotatable bonds is 4. The van der Waals surface area contributed by atoms with Crippen LogP contribution in [0.5, 0.6) is 5.75 Å². The van der Waals surface area contributed by atoms with E-state index in [1.165, 1.54) is 4.68 Å². The molecule has 2 aromatic heterocycles. The van der Waals surface area contributed by atoms with Gasteiger partial charge in [-0.3, -0.25) is 9.36 Å². The Balaban J connectivity index is 1.53. The third-order valence-corrected chi connectivity index (χ3v) is 4.86. The largest absolute Gasteiger partial charge is 0.489 e. The standard InChI is InChI=1S/C19H21N5O4/c1-12-5-4-6-14(9-12)27-11-15-13(2)28-21-17(15)18(25)23-7-8-24-16(10-23)20-22(3)19(24)26/h4-6,9H,7-8,10-11H2,1-3H3. The molecule has 0 unspecified atom stereocenters. The Morgan fingerprint density at radius 2 is 2.11 bits per heavy atom. The fourth-order valence-corrected chi connectivity index (χ4v) is 3.28. The number of carbonyl (C=O) groups excluding carboxylic acids is 1. The van der Waals surface area contributed by atoms with E-state index in [0.717, 1.165) is 11.3 Å². The highest BCUT2D eigenvalue weighted by atomic mass is 16.5. The van der Waals surface area contributed by atoms with Gasteiger partial charge in [-0.1, -0.05) is 17.3 Å². The van der Waals surface area contributed by atoms with Crippen LogP contribution in [-0.2, 0) is 26.7 Å². The van der Waals surface area contributed by atoms with Gasteiger partial charge in [-0.2, -0.15) is 5.10 Å². The number of nitrogens with zero attached hydrogens (tertiary/aromatic N) is 5. The molecule has 9 heteroatoms. The number of hydrogen-bond donors (Lipinski definition) is 0. The van der Waals surface area contributed by atoms with Crippen molar-refractivity contribution in [1.29, 1.82) is 0 Å². The van der Waals surface area contributed by atoms with Crippen molar-refractivity contribution in [3.63, 3.8) is 0 Å². The summed E-state index contributed by atoms with van der Waals surface area (Å²) in [4.78, 5) is 26.6. The van der Waals surface area contributed by atoms with Crippen LogP contribution in [0.1, 0.15) is 33.2 Å². The van der Waals surface area contributed by atoms with E-state index >= 15 is 0 Å². The first-order valence-electron chi connectivity index (χ1n) is 9.00. The van der Waals surface area contributed by atoms with E-state index in [9.17, 15) is 9.59 Å². The Morgan fingerprint density at radius 3 is 2.89 bits per heavy atom. The monoisotopic (exact) mass is 383 g/mol. The first-order valence-corrected chi connectivity index (χ1v) is 9.00. The molecule has 3 aromatic rings. The number of carbonyl (C=O) groups is 1. The molecule has 1 aliphatic heterocycles. The quantitative estimate of drug-likeness (QED) is 0.676. The molecule has 0 radical (unpaired) electrons. The molecule has 0 N–H and O–H groups in total. The van der Waals surface area contributed by atoms with E-state index in [1.54, 1.807) is 23.4 Å². The summed E-state index contributed by atoms with van der Waals surface area (Å²) in [5.41, 5.74) is 1.77. The zero-order chi connectivity index (χ0) is 19.8. The SMILES string of the molecule is Cc1cccc(OCc2c(C(=O)N3CCn4c(nn(C)c4=O)C3)noc2C)c1. The maximum atomic E-state index is 13.0. The minimum absolute atomic E-state index is 0.174. The second-order valence-electron chi connectivity index (χ2n) is 6.87. The summed E-state index contributed by atoms with van der Waals surface area (Å²) >= 11 is 0. The van der Waals surface area contributed by atoms with Gasteiger partial charge in [0.05, 0.1) is 12.1 Å². The zero-order valence-corrected chi connectivity index (χ0v) is 16.0. The van der Waals surface area contributed by atoms with Crippen molar-refractivity contribution in [1.82, 2.24) is 24.4 Å². The van der Waals surface area contributed by atoms with Gasteiger partial charge in [0, 0.05) is 20.1 Å². The van der Waals surface area contributed by atoms with E-state index in [1.807, 2.05) is 31.2 Å². The molecule has 1 aromatic carbocycles. The minimum Gasteiger partial charge on any atom is -0.489 e. The zero-order valence-electron chi connectivity index (χ0n) is 16.0. The van der Waals surface area contributed by atoms with Crippen LogP contribution in [0.2, 0.25) is 0 Å². The number of fused-ring (bicyclic) bond motifs is 1. The fourth-order valence-electron chi connectivity index (χ4n) is 3.28. The van der Waals surface area contributed by atoms with Crippen molar-refractivity contribution in [2.75, 3.05) is 6.54 Å². The topological polar surface area (TPSA) is 95.4 Å². The molecule has 0 fully saturated rings. The molecule has 4 rings (SSSR count). The van der Waals surface area contributed by atoms with Crippen LogP contribution in [-0.4, -0.2) is 36.9 Å². The number of amides is 1. The van der Waals surface area contributed by atoms with Crippen LogP contribution >= 0.6 is 0 Å². The van der Waals surface area contributed by atoms with Crippen LogP contribution in [0, 0.1) is 13.8 Å². The van der Waals surface area contributed by atoms with Gasteiger partial charge < -0.3 is 14.2 Å². The molecule has 1 aliphatic rings. The molecule has 9 nitrogen and oxygen atoms in total. The Labute approximate surface area is 161 Å². The van der Waals surface area contributed by atoms with Gasteiger partial charge in [0.25, 0.3) is 5.91 Å². The Bertz CT molecular complexity index is 1090. The summed E-state index contributed by atoms with van der Waals surface area (Å²) in [6.07, 6.45) is 0. The summed E-state index contributed by atoms with van der Waals surface area (Å²) in [5.74, 6) is 1.56. The molecular formula is C19H21N5O4. The summed E-state index contributed by atoms with van der Waals surface area (Å²) in [6.45, 7) is 4.98. The average molecular weight is 383 g/mol. The van der Waals surface area contributed by atoms with Crippen LogP contribution < -0.4 is 10.4 Å². The van der Waals surface area contributed by atoms with E-state index in [0.29, 0.717) is 30.2 Å². The molecule has 0 spiro atoms. The van der Waals surface area contributed by atoms with Crippen LogP contribution in [0.25, 0.3) is 0 Å². The lowest BCUT2D eigenvalue weighted by Crippen LogP contribution is -2.41. The van der Waals surface area contributed by atoms with Crippen molar-refractivity contribution in [3.8, 4) is 5.75 Å². The third kappa shape index (κ3) is 3.19. The number of benzene rings is 1. The molecule has 0 aliphatic carbocycles. The molecule has 0 bridgehead atoms. The van der Waals surface area contributed by atoms with Gasteiger partial charge in [0.1, 0.15) is 18.1 Å². The van der Waals surface area contributed by atoms with Gasteiger partial charge in [-0.15, -0.1) is 0 Å². The summed E-state index contributed by atoms with van der Waals surface area (Å²) in [7, 11) is 1.60. The van der Waals surface area contributed by atoms with Gasteiger partial charge in [-0.05, 0) is 31.5 Å². The highest BCUT2D eigenvalue weighted by Gasteiger charge is 2.29. The minimum atomic E-state index is -0.260. The molecule has 0 saturated heterocycles. The lowest BCUT2D eigenvalue weighted by molar-refractivity contribution is 0.0693. The molecule has 28 heavy (non-hydrogen) atoms. The number of ether oxygens (including phenoxy) is 1. The van der Waals surface area contributed by atoms with E-state index < -0.39 is 0 Å². The lowest BCUT2D eigenvalue weighted by Gasteiger charge is -2.26. The van der Waals surface area contributed by atoms with Crippen molar-refractivity contribution in [2.45, 2.75) is 33.5 Å². The molecule has 0 atom stereocenters. The second kappa shape index (κ2) is 6.99. The molecule has 1 amide bonds. The van der Waals surface area contributed by atoms with Crippen molar-refractivity contribution in [2.24, 2.45) is 7.05 Å². The maximum absolute atomic E-state index is 13.0. The second-order valence-corrected chi connectivity index (χ2v) is 6.87. The molecular weight excluding hydrogens is 362 g/mol. The number of hydrogen-bond acceptors (Lipinski definition) is 6. The van der Waals surface area contributed by atoms with Crippen molar-refractivity contribution < 1.29 is 14.1 Å². The highest BCUT2D eigenvalue weighted by molar-refractivity contribution is 5.93. The van der Waals surface area contributed by atoms with Crippen molar-refractivity contribution in [3.05, 3.63) is 63.2 Å². The molecule has 0 saturated carbocycles. The summed E-state index contributed by atoms with van der Waals surface area (Å²) < 4.78 is 14.0. The first-order chi connectivity index (χ1) is 13.4. The first kappa shape index (κ1) is 18.0. The van der Waals surface area contributed by atoms with E-state index in [2.05, 4.69) is 10.3 Å². The predicted octanol–water partition coefficient (Wildman–Crippen LogP) is 1.42. The van der Waals surface area contributed by atoms with Crippen LogP contribution in [0.15, 0.2) is 33.6 Å². The Morgan fingerprint density at radius 1 is 1.29 bits per heavy atom. The number of aryl methyl sites for hydroxylation is 3. The molecule has 146 valence electrons. The third-order valence-electron chi connectivity index (χ3n) is 4.86. The molecule has 3 heterocycles. The van der Waals surface area contributed by atoms with E-state index in [4.69, 9.17) is 9.26 Å². The van der Waals surface area contributed by atoms with Crippen molar-refractivity contribution >= 4 is 5.91 Å². The van der Waals surface area contributed by atoms with E-state index in [-0.39, 0.29) is 30.4 Å². The summed E-state index contributed by atoms with van der Waals surface area (Å²) in [5, 5.41) is 8.15. The Kier molecular flexibility index (Phi) is 4.50. The highest BCUT2D eigenvalue weighted by Crippen LogP contribution is 2.21. The Hall–Kier alpha value is -3.36. The fraction of sp³-hybridized carbons (Fsp3) is 0.368. The van der Waals surface area contributed by atoms with Crippen LogP contribution in [0.4, 0.5) is 0 Å². The number of aromatic nitrogens is 4. The normalized spacial score (nSPS) is 13.5. The smallest absolute Gasteiger partial charge is 0.345 e. The van der Waals surface area contributed by atoms with Crippen LogP contribution in [0.3, 0.4) is 0 Å². The maximum Gasteiger partial charge on any atom is 0.345 e. The van der Waals surface area contributed by atoms with Gasteiger partial charge in [-0.25, -0.2) is 9.48 Å². The predicted molar refractivity (Wildman–Crippen MR) is 99.0 cm³/mol. The van der Waals surface area contributed by atoms with Gasteiger partial charge in [0.2, 0.25) is 0 Å². The average Bonchev–Trinajstić information content (AvgIpc) is 3.18.